The Morgan fingerprint density at radius 1 is 1.35 bits per heavy atom. The number of aromatic amines is 1. The lowest BCUT2D eigenvalue weighted by molar-refractivity contribution is 0.101. The summed E-state index contributed by atoms with van der Waals surface area (Å²) in [7, 11) is 0. The van der Waals surface area contributed by atoms with Gasteiger partial charge in [-0.1, -0.05) is 19.9 Å². The van der Waals surface area contributed by atoms with Crippen LogP contribution < -0.4 is 5.32 Å². The zero-order valence-electron chi connectivity index (χ0n) is 12.0. The van der Waals surface area contributed by atoms with Crippen molar-refractivity contribution in [2.45, 2.75) is 33.6 Å². The molecule has 1 aromatic carbocycles. The molecule has 20 heavy (non-hydrogen) atoms. The van der Waals surface area contributed by atoms with Crippen molar-refractivity contribution in [1.82, 2.24) is 15.2 Å². The number of carbonyl (C=O) groups is 1. The van der Waals surface area contributed by atoms with Gasteiger partial charge in [0.1, 0.15) is 11.6 Å². The van der Waals surface area contributed by atoms with Gasteiger partial charge in [0, 0.05) is 17.2 Å². The van der Waals surface area contributed by atoms with Crippen LogP contribution in [0.25, 0.3) is 0 Å². The normalized spacial score (nSPS) is 10.8. The third-order valence-corrected chi connectivity index (χ3v) is 3.13. The molecule has 0 unspecified atom stereocenters. The molecule has 2 aromatic rings. The highest BCUT2D eigenvalue weighted by molar-refractivity contribution is 6.02. The minimum atomic E-state index is -0.403. The smallest absolute Gasteiger partial charge is 0.295 e. The first-order valence-electron chi connectivity index (χ1n) is 6.43. The highest BCUT2D eigenvalue weighted by atomic mass is 16.3. The second-order valence-corrected chi connectivity index (χ2v) is 5.06. The van der Waals surface area contributed by atoms with Crippen LogP contribution >= 0.6 is 0 Å². The lowest BCUT2D eigenvalue weighted by Crippen LogP contribution is -2.14. The van der Waals surface area contributed by atoms with Gasteiger partial charge in [-0.3, -0.25) is 9.89 Å². The fourth-order valence-corrected chi connectivity index (χ4v) is 1.78. The van der Waals surface area contributed by atoms with E-state index in [0.717, 1.165) is 5.56 Å². The number of amides is 1. The van der Waals surface area contributed by atoms with E-state index in [4.69, 9.17) is 0 Å². The molecule has 106 valence electrons. The van der Waals surface area contributed by atoms with Gasteiger partial charge in [0.2, 0.25) is 5.82 Å². The number of aromatic hydroxyl groups is 1. The van der Waals surface area contributed by atoms with Gasteiger partial charge in [0.25, 0.3) is 5.91 Å². The van der Waals surface area contributed by atoms with Crippen LogP contribution in [-0.4, -0.2) is 26.2 Å². The molecule has 0 fully saturated rings. The van der Waals surface area contributed by atoms with Gasteiger partial charge in [0.15, 0.2) is 0 Å². The Labute approximate surface area is 117 Å². The van der Waals surface area contributed by atoms with Crippen LogP contribution in [0, 0.1) is 13.8 Å². The molecule has 6 nitrogen and oxygen atoms in total. The summed E-state index contributed by atoms with van der Waals surface area (Å²) in [4.78, 5) is 16.2. The lowest BCUT2D eigenvalue weighted by Gasteiger charge is -2.10. The van der Waals surface area contributed by atoms with E-state index in [9.17, 15) is 9.90 Å². The van der Waals surface area contributed by atoms with E-state index in [2.05, 4.69) is 20.5 Å². The molecule has 3 N–H and O–H groups in total. The van der Waals surface area contributed by atoms with Gasteiger partial charge in [-0.05, 0) is 25.5 Å². The number of nitrogens with zero attached hydrogens (tertiary/aromatic N) is 2. The molecule has 0 aliphatic rings. The molecule has 1 heterocycles. The summed E-state index contributed by atoms with van der Waals surface area (Å²) in [6.07, 6.45) is 0. The molecule has 1 aromatic heterocycles. The Morgan fingerprint density at radius 3 is 2.65 bits per heavy atom. The van der Waals surface area contributed by atoms with E-state index < -0.39 is 5.91 Å². The Kier molecular flexibility index (Phi) is 3.74. The number of anilines is 1. The summed E-state index contributed by atoms with van der Waals surface area (Å²) in [6.45, 7) is 7.47. The van der Waals surface area contributed by atoms with Crippen LogP contribution in [0.5, 0.6) is 5.75 Å². The molecule has 1 amide bonds. The van der Waals surface area contributed by atoms with Crippen molar-refractivity contribution in [3.8, 4) is 5.75 Å². The number of aromatic nitrogens is 3. The second kappa shape index (κ2) is 5.32. The molecule has 0 bridgehead atoms. The molecule has 0 atom stereocenters. The van der Waals surface area contributed by atoms with E-state index >= 15 is 0 Å². The standard InChI is InChI=1S/C14H18N4O2/c1-7(2)12-16-13(18-17-12)14(20)15-10-6-5-8(3)11(19)9(10)4/h5-7,19H,1-4H3,(H,15,20)(H,16,17,18). The summed E-state index contributed by atoms with van der Waals surface area (Å²) >= 11 is 0. The van der Waals surface area contributed by atoms with E-state index in [0.29, 0.717) is 17.1 Å². The zero-order chi connectivity index (χ0) is 14.9. The second-order valence-electron chi connectivity index (χ2n) is 5.06. The maximum atomic E-state index is 12.1. The molecule has 0 aliphatic carbocycles. The summed E-state index contributed by atoms with van der Waals surface area (Å²) in [5.41, 5.74) is 1.94. The van der Waals surface area contributed by atoms with Gasteiger partial charge in [-0.15, -0.1) is 5.10 Å². The van der Waals surface area contributed by atoms with Gasteiger partial charge < -0.3 is 10.4 Å². The summed E-state index contributed by atoms with van der Waals surface area (Å²) in [5.74, 6) is 0.709. The Hall–Kier alpha value is -2.37. The molecule has 0 saturated heterocycles. The van der Waals surface area contributed by atoms with E-state index in [1.54, 1.807) is 26.0 Å². The Balaban J connectivity index is 2.21. The minimum absolute atomic E-state index is 0.0909. The van der Waals surface area contributed by atoms with Gasteiger partial charge >= 0.3 is 0 Å². The van der Waals surface area contributed by atoms with Crippen molar-refractivity contribution in [3.05, 3.63) is 34.9 Å². The number of phenolic OH excluding ortho intramolecular Hbond substituents is 1. The SMILES string of the molecule is Cc1ccc(NC(=O)c2n[nH]c(C(C)C)n2)c(C)c1O. The van der Waals surface area contributed by atoms with Crippen LogP contribution in [0.4, 0.5) is 5.69 Å². The predicted molar refractivity (Wildman–Crippen MR) is 76.0 cm³/mol. The molecule has 0 saturated carbocycles. The summed E-state index contributed by atoms with van der Waals surface area (Å²) in [6, 6.07) is 3.49. The van der Waals surface area contributed by atoms with Crippen molar-refractivity contribution in [3.63, 3.8) is 0 Å². The maximum absolute atomic E-state index is 12.1. The molecule has 0 spiro atoms. The zero-order valence-corrected chi connectivity index (χ0v) is 12.0. The Morgan fingerprint density at radius 2 is 2.05 bits per heavy atom. The lowest BCUT2D eigenvalue weighted by atomic mass is 10.1. The van der Waals surface area contributed by atoms with Crippen molar-refractivity contribution in [2.75, 3.05) is 5.32 Å². The fourth-order valence-electron chi connectivity index (χ4n) is 1.78. The maximum Gasteiger partial charge on any atom is 0.295 e. The number of hydrogen-bond donors (Lipinski definition) is 3. The van der Waals surface area contributed by atoms with Crippen molar-refractivity contribution < 1.29 is 9.90 Å². The van der Waals surface area contributed by atoms with Gasteiger partial charge in [-0.25, -0.2) is 4.98 Å². The van der Waals surface area contributed by atoms with Crippen molar-refractivity contribution in [1.29, 1.82) is 0 Å². The predicted octanol–water partition coefficient (Wildman–Crippen LogP) is 2.50. The number of nitrogens with one attached hydrogen (secondary N) is 2. The van der Waals surface area contributed by atoms with Crippen LogP contribution in [0.1, 0.15) is 47.3 Å². The van der Waals surface area contributed by atoms with Gasteiger partial charge in [0.05, 0.1) is 0 Å². The number of benzene rings is 1. The average molecular weight is 274 g/mol. The number of aryl methyl sites for hydroxylation is 1. The average Bonchev–Trinajstić information content (AvgIpc) is 2.89. The minimum Gasteiger partial charge on any atom is -0.507 e. The molecular formula is C14H18N4O2. The van der Waals surface area contributed by atoms with E-state index in [1.165, 1.54) is 0 Å². The first-order valence-corrected chi connectivity index (χ1v) is 6.43. The molecule has 2 rings (SSSR count). The highest BCUT2D eigenvalue weighted by Crippen LogP contribution is 2.28. The fraction of sp³-hybridized carbons (Fsp3) is 0.357. The van der Waals surface area contributed by atoms with E-state index in [-0.39, 0.29) is 17.5 Å². The molecule has 6 heteroatoms. The molecule has 0 radical (unpaired) electrons. The number of H-pyrrole nitrogens is 1. The van der Waals surface area contributed by atoms with Crippen LogP contribution in [0.2, 0.25) is 0 Å². The summed E-state index contributed by atoms with van der Waals surface area (Å²) < 4.78 is 0. The van der Waals surface area contributed by atoms with Crippen LogP contribution in [0.15, 0.2) is 12.1 Å². The Bertz CT molecular complexity index is 647. The van der Waals surface area contributed by atoms with Crippen LogP contribution in [0.3, 0.4) is 0 Å². The molecule has 0 aliphatic heterocycles. The largest absolute Gasteiger partial charge is 0.507 e. The van der Waals surface area contributed by atoms with Crippen LogP contribution in [-0.2, 0) is 0 Å². The number of carbonyl (C=O) groups excluding carboxylic acids is 1. The van der Waals surface area contributed by atoms with Crippen molar-refractivity contribution in [2.24, 2.45) is 0 Å². The van der Waals surface area contributed by atoms with Gasteiger partial charge in [-0.2, -0.15) is 0 Å². The first kappa shape index (κ1) is 14.0. The number of rotatable bonds is 3. The summed E-state index contributed by atoms with van der Waals surface area (Å²) in [5, 5.41) is 19.2. The third kappa shape index (κ3) is 2.64. The monoisotopic (exact) mass is 274 g/mol. The third-order valence-electron chi connectivity index (χ3n) is 3.13. The highest BCUT2D eigenvalue weighted by Gasteiger charge is 2.16. The number of hydrogen-bond acceptors (Lipinski definition) is 4. The quantitative estimate of drug-likeness (QED) is 0.802. The van der Waals surface area contributed by atoms with E-state index in [1.807, 2.05) is 13.8 Å². The van der Waals surface area contributed by atoms with Crippen molar-refractivity contribution >= 4 is 11.6 Å². The topological polar surface area (TPSA) is 90.9 Å². The molecular weight excluding hydrogens is 256 g/mol. The first-order chi connectivity index (χ1) is 9.40. The number of phenols is 1.